The second-order valence-corrected chi connectivity index (χ2v) is 8.19. The van der Waals surface area contributed by atoms with Gasteiger partial charge in [-0.2, -0.15) is 0 Å². The Hall–Kier alpha value is -1.95. The number of fused-ring (bicyclic) bond motifs is 2. The van der Waals surface area contributed by atoms with Gasteiger partial charge in [-0.05, 0) is 48.5 Å². The molecule has 2 N–H and O–H groups in total. The summed E-state index contributed by atoms with van der Waals surface area (Å²) >= 11 is 5.22. The van der Waals surface area contributed by atoms with Gasteiger partial charge < -0.3 is 15.3 Å². The molecule has 1 atom stereocenters. The standard InChI is InChI=1S/C21H19BrN2OS/c22-15-9-11-16(12-10-15)23-13-17(25)14-24-18-5-1-3-7-20(18)26-21-8-4-2-6-19(21)24/h1-12,17,23,25H,13-14H2. The van der Waals surface area contributed by atoms with E-state index in [1.807, 2.05) is 36.4 Å². The highest BCUT2D eigenvalue weighted by atomic mass is 79.9. The van der Waals surface area contributed by atoms with Crippen molar-refractivity contribution in [2.75, 3.05) is 23.3 Å². The van der Waals surface area contributed by atoms with Crippen LogP contribution in [-0.2, 0) is 0 Å². The zero-order valence-electron chi connectivity index (χ0n) is 14.1. The van der Waals surface area contributed by atoms with E-state index in [0.29, 0.717) is 13.1 Å². The molecule has 3 aromatic carbocycles. The normalized spacial score (nSPS) is 13.7. The third-order valence-electron chi connectivity index (χ3n) is 4.31. The molecule has 1 aliphatic rings. The topological polar surface area (TPSA) is 35.5 Å². The fourth-order valence-electron chi connectivity index (χ4n) is 3.06. The zero-order chi connectivity index (χ0) is 17.9. The summed E-state index contributed by atoms with van der Waals surface area (Å²) in [5.74, 6) is 0. The molecular weight excluding hydrogens is 408 g/mol. The van der Waals surface area contributed by atoms with E-state index in [-0.39, 0.29) is 0 Å². The predicted octanol–water partition coefficient (Wildman–Crippen LogP) is 5.52. The molecule has 4 rings (SSSR count). The smallest absolute Gasteiger partial charge is 0.0891 e. The third kappa shape index (κ3) is 3.75. The minimum atomic E-state index is -0.497. The van der Waals surface area contributed by atoms with Crippen molar-refractivity contribution >= 4 is 44.8 Å². The van der Waals surface area contributed by atoms with Gasteiger partial charge in [0.2, 0.25) is 0 Å². The number of aliphatic hydroxyl groups excluding tert-OH is 1. The van der Waals surface area contributed by atoms with Crippen molar-refractivity contribution in [1.29, 1.82) is 0 Å². The fraction of sp³-hybridized carbons (Fsp3) is 0.143. The maximum Gasteiger partial charge on any atom is 0.0891 e. The highest BCUT2D eigenvalue weighted by Gasteiger charge is 2.24. The summed E-state index contributed by atoms with van der Waals surface area (Å²) in [7, 11) is 0. The summed E-state index contributed by atoms with van der Waals surface area (Å²) < 4.78 is 1.04. The first-order chi connectivity index (χ1) is 12.7. The third-order valence-corrected chi connectivity index (χ3v) is 5.97. The summed E-state index contributed by atoms with van der Waals surface area (Å²) in [6.45, 7) is 1.04. The van der Waals surface area contributed by atoms with E-state index in [1.54, 1.807) is 11.8 Å². The molecule has 1 heterocycles. The zero-order valence-corrected chi connectivity index (χ0v) is 16.5. The number of β-amino-alcohol motifs (C(OH)–C–C–N with tert-alkyl or cyclic N) is 1. The molecule has 0 fully saturated rings. The summed E-state index contributed by atoms with van der Waals surface area (Å²) in [5, 5.41) is 14.0. The van der Waals surface area contributed by atoms with Crippen molar-refractivity contribution in [2.45, 2.75) is 15.9 Å². The molecule has 0 amide bonds. The van der Waals surface area contributed by atoms with Gasteiger partial charge in [0.1, 0.15) is 0 Å². The first kappa shape index (κ1) is 17.5. The molecule has 0 bridgehead atoms. The number of aliphatic hydroxyl groups is 1. The monoisotopic (exact) mass is 426 g/mol. The van der Waals surface area contributed by atoms with Crippen LogP contribution in [-0.4, -0.2) is 24.3 Å². The molecule has 0 aliphatic carbocycles. The lowest BCUT2D eigenvalue weighted by Crippen LogP contribution is -2.34. The average molecular weight is 427 g/mol. The Morgan fingerprint density at radius 1 is 0.885 bits per heavy atom. The molecule has 1 aliphatic heterocycles. The number of halogens is 1. The number of nitrogens with zero attached hydrogens (tertiary/aromatic N) is 1. The summed E-state index contributed by atoms with van der Waals surface area (Å²) in [6.07, 6.45) is -0.497. The van der Waals surface area contributed by atoms with Crippen molar-refractivity contribution in [3.05, 3.63) is 77.3 Å². The fourth-order valence-corrected chi connectivity index (χ4v) is 4.42. The van der Waals surface area contributed by atoms with E-state index < -0.39 is 6.10 Å². The molecule has 5 heteroatoms. The second kappa shape index (κ2) is 7.74. The van der Waals surface area contributed by atoms with E-state index in [2.05, 4.69) is 62.5 Å². The van der Waals surface area contributed by atoms with Crippen molar-refractivity contribution < 1.29 is 5.11 Å². The molecule has 3 nitrogen and oxygen atoms in total. The lowest BCUT2D eigenvalue weighted by atomic mass is 10.2. The molecule has 132 valence electrons. The van der Waals surface area contributed by atoms with E-state index >= 15 is 0 Å². The molecule has 0 aromatic heterocycles. The molecule has 0 radical (unpaired) electrons. The maximum absolute atomic E-state index is 10.6. The van der Waals surface area contributed by atoms with Crippen LogP contribution in [0.1, 0.15) is 0 Å². The molecule has 1 unspecified atom stereocenters. The molecule has 3 aromatic rings. The molecule has 0 saturated carbocycles. The van der Waals surface area contributed by atoms with E-state index in [4.69, 9.17) is 0 Å². The largest absolute Gasteiger partial charge is 0.389 e. The predicted molar refractivity (Wildman–Crippen MR) is 113 cm³/mol. The van der Waals surface area contributed by atoms with E-state index in [1.165, 1.54) is 9.79 Å². The first-order valence-corrected chi connectivity index (χ1v) is 10.1. The summed E-state index contributed by atoms with van der Waals surface area (Å²) in [5.41, 5.74) is 3.31. The Labute approximate surface area is 166 Å². The van der Waals surface area contributed by atoms with Gasteiger partial charge >= 0.3 is 0 Å². The molecule has 26 heavy (non-hydrogen) atoms. The van der Waals surface area contributed by atoms with Gasteiger partial charge in [0, 0.05) is 26.5 Å². The lowest BCUT2D eigenvalue weighted by Gasteiger charge is -2.34. The number of nitrogens with one attached hydrogen (secondary N) is 1. The first-order valence-electron chi connectivity index (χ1n) is 8.51. The van der Waals surface area contributed by atoms with Crippen molar-refractivity contribution in [2.24, 2.45) is 0 Å². The molecular formula is C21H19BrN2OS. The van der Waals surface area contributed by atoms with Crippen molar-refractivity contribution in [1.82, 2.24) is 0 Å². The number of anilines is 3. The Morgan fingerprint density at radius 3 is 2.08 bits per heavy atom. The highest BCUT2D eigenvalue weighted by molar-refractivity contribution is 9.10. The summed E-state index contributed by atoms with van der Waals surface area (Å²) in [6, 6.07) is 24.7. The quantitative estimate of drug-likeness (QED) is 0.562. The Morgan fingerprint density at radius 2 is 1.46 bits per heavy atom. The van der Waals surface area contributed by atoms with Gasteiger partial charge in [-0.3, -0.25) is 0 Å². The Bertz CT molecular complexity index is 855. The van der Waals surface area contributed by atoms with Crippen molar-refractivity contribution in [3.63, 3.8) is 0 Å². The van der Waals surface area contributed by atoms with Crippen LogP contribution < -0.4 is 10.2 Å². The van der Waals surface area contributed by atoms with Gasteiger partial charge in [-0.1, -0.05) is 52.0 Å². The van der Waals surface area contributed by atoms with Crippen LogP contribution >= 0.6 is 27.7 Å². The van der Waals surface area contributed by atoms with Crippen LogP contribution in [0.5, 0.6) is 0 Å². The minimum absolute atomic E-state index is 0.496. The number of hydrogen-bond donors (Lipinski definition) is 2. The van der Waals surface area contributed by atoms with Crippen LogP contribution in [0.15, 0.2) is 87.1 Å². The van der Waals surface area contributed by atoms with Crippen LogP contribution in [0.2, 0.25) is 0 Å². The van der Waals surface area contributed by atoms with Crippen molar-refractivity contribution in [3.8, 4) is 0 Å². The maximum atomic E-state index is 10.6. The van der Waals surface area contributed by atoms with Crippen LogP contribution in [0.25, 0.3) is 0 Å². The van der Waals surface area contributed by atoms with Gasteiger partial charge in [-0.25, -0.2) is 0 Å². The van der Waals surface area contributed by atoms with E-state index in [0.717, 1.165) is 21.5 Å². The number of hydrogen-bond acceptors (Lipinski definition) is 4. The van der Waals surface area contributed by atoms with Gasteiger partial charge in [0.15, 0.2) is 0 Å². The second-order valence-electron chi connectivity index (χ2n) is 6.19. The Kier molecular flexibility index (Phi) is 5.20. The van der Waals surface area contributed by atoms with Gasteiger partial charge in [0.25, 0.3) is 0 Å². The number of benzene rings is 3. The lowest BCUT2D eigenvalue weighted by molar-refractivity contribution is 0.195. The SMILES string of the molecule is OC(CNc1ccc(Br)cc1)CN1c2ccccc2Sc2ccccc21. The minimum Gasteiger partial charge on any atom is -0.389 e. The average Bonchev–Trinajstić information content (AvgIpc) is 2.67. The Balaban J connectivity index is 1.51. The van der Waals surface area contributed by atoms with Gasteiger partial charge in [0.05, 0.1) is 24.0 Å². The summed E-state index contributed by atoms with van der Waals surface area (Å²) in [4.78, 5) is 4.66. The molecule has 0 spiro atoms. The van der Waals surface area contributed by atoms with Crippen LogP contribution in [0, 0.1) is 0 Å². The van der Waals surface area contributed by atoms with Gasteiger partial charge in [-0.15, -0.1) is 0 Å². The van der Waals surface area contributed by atoms with Crippen LogP contribution in [0.3, 0.4) is 0 Å². The van der Waals surface area contributed by atoms with Crippen LogP contribution in [0.4, 0.5) is 17.1 Å². The number of para-hydroxylation sites is 2. The number of rotatable bonds is 5. The highest BCUT2D eigenvalue weighted by Crippen LogP contribution is 2.47. The molecule has 0 saturated heterocycles. The van der Waals surface area contributed by atoms with E-state index in [9.17, 15) is 5.11 Å².